The molecular weight excluding hydrogens is 268 g/mol. The summed E-state index contributed by atoms with van der Waals surface area (Å²) in [6, 6.07) is 1.78. The zero-order valence-electron chi connectivity index (χ0n) is 9.38. The summed E-state index contributed by atoms with van der Waals surface area (Å²) in [7, 11) is 0. The average Bonchev–Trinajstić information content (AvgIpc) is 2.53. The number of rotatable bonds is 3. The maximum Gasteiger partial charge on any atom is 0.199 e. The Morgan fingerprint density at radius 1 is 1.31 bits per heavy atom. The van der Waals surface area contributed by atoms with Crippen LogP contribution in [0.4, 0.5) is 0 Å². The Labute approximate surface area is 105 Å². The van der Waals surface area contributed by atoms with Gasteiger partial charge >= 0.3 is 0 Å². The van der Waals surface area contributed by atoms with E-state index in [2.05, 4.69) is 15.9 Å². The highest BCUT2D eigenvalue weighted by molar-refractivity contribution is 9.10. The van der Waals surface area contributed by atoms with Crippen molar-refractivity contribution in [1.29, 1.82) is 0 Å². The Balaban J connectivity index is 1.93. The van der Waals surface area contributed by atoms with Crippen molar-refractivity contribution in [3.8, 4) is 0 Å². The zero-order chi connectivity index (χ0) is 11.4. The number of hydrogen-bond acceptors (Lipinski definition) is 2. The van der Waals surface area contributed by atoms with Gasteiger partial charge in [-0.2, -0.15) is 0 Å². The molecule has 0 spiro atoms. The number of hydrogen-bond donors (Lipinski definition) is 0. The number of Topliss-reactive ketones (excluding diaryl/α,β-unsaturated/α-hetero) is 1. The van der Waals surface area contributed by atoms with Crippen LogP contribution in [0.3, 0.4) is 0 Å². The van der Waals surface area contributed by atoms with E-state index >= 15 is 0 Å². The fourth-order valence-corrected chi connectivity index (χ4v) is 2.84. The minimum atomic E-state index is 0.142. The maximum absolute atomic E-state index is 12.0. The first kappa shape index (κ1) is 11.9. The van der Waals surface area contributed by atoms with Crippen LogP contribution in [0.2, 0.25) is 0 Å². The molecule has 2 nitrogen and oxygen atoms in total. The molecule has 0 amide bonds. The molecule has 0 radical (unpaired) electrons. The van der Waals surface area contributed by atoms with Gasteiger partial charge in [-0.15, -0.1) is 0 Å². The second kappa shape index (κ2) is 5.67. The Bertz CT molecular complexity index is 349. The molecule has 0 saturated heterocycles. The van der Waals surface area contributed by atoms with Gasteiger partial charge in [0.05, 0.1) is 10.7 Å². The van der Waals surface area contributed by atoms with Gasteiger partial charge in [0, 0.05) is 6.42 Å². The van der Waals surface area contributed by atoms with E-state index < -0.39 is 0 Å². The quantitative estimate of drug-likeness (QED) is 0.600. The van der Waals surface area contributed by atoms with Gasteiger partial charge in [0.2, 0.25) is 0 Å². The monoisotopic (exact) mass is 284 g/mol. The number of ketones is 1. The Kier molecular flexibility index (Phi) is 4.22. The molecule has 88 valence electrons. The molecule has 0 atom stereocenters. The van der Waals surface area contributed by atoms with Crippen LogP contribution in [-0.4, -0.2) is 5.78 Å². The van der Waals surface area contributed by atoms with Crippen LogP contribution in [0.1, 0.15) is 55.5 Å². The third-order valence-corrected chi connectivity index (χ3v) is 3.94. The average molecular weight is 285 g/mol. The van der Waals surface area contributed by atoms with E-state index in [1.807, 2.05) is 0 Å². The van der Waals surface area contributed by atoms with Crippen molar-refractivity contribution in [3.05, 3.63) is 22.6 Å². The summed E-state index contributed by atoms with van der Waals surface area (Å²) in [6.07, 6.45) is 9.81. The highest BCUT2D eigenvalue weighted by Gasteiger charge is 2.20. The van der Waals surface area contributed by atoms with Gasteiger partial charge in [0.1, 0.15) is 0 Å². The fourth-order valence-electron chi connectivity index (χ4n) is 2.42. The van der Waals surface area contributed by atoms with Gasteiger partial charge in [-0.1, -0.05) is 38.5 Å². The lowest BCUT2D eigenvalue weighted by Gasteiger charge is -2.11. The van der Waals surface area contributed by atoms with E-state index in [-0.39, 0.29) is 5.78 Å². The topological polar surface area (TPSA) is 30.2 Å². The smallest absolute Gasteiger partial charge is 0.199 e. The van der Waals surface area contributed by atoms with Crippen molar-refractivity contribution in [1.82, 2.24) is 0 Å². The molecule has 2 rings (SSSR count). The molecule has 1 fully saturated rings. The molecule has 1 aliphatic carbocycles. The third-order valence-electron chi connectivity index (χ3n) is 3.32. The number of carbonyl (C=O) groups is 1. The first-order valence-electron chi connectivity index (χ1n) is 6.03. The number of carbonyl (C=O) groups excluding carboxylic acids is 1. The van der Waals surface area contributed by atoms with Crippen LogP contribution in [-0.2, 0) is 0 Å². The van der Waals surface area contributed by atoms with E-state index in [0.29, 0.717) is 18.1 Å². The van der Waals surface area contributed by atoms with Gasteiger partial charge in [0.25, 0.3) is 0 Å². The largest absolute Gasteiger partial charge is 0.460 e. The van der Waals surface area contributed by atoms with Gasteiger partial charge in [-0.05, 0) is 27.9 Å². The number of halogens is 1. The SMILES string of the molecule is O=C(CC1CCCCCC1)c1occc1Br. The minimum Gasteiger partial charge on any atom is -0.460 e. The number of furan rings is 1. The molecule has 0 aliphatic heterocycles. The Morgan fingerprint density at radius 3 is 2.56 bits per heavy atom. The van der Waals surface area contributed by atoms with Crippen LogP contribution in [0.25, 0.3) is 0 Å². The fraction of sp³-hybridized carbons (Fsp3) is 0.615. The Hall–Kier alpha value is -0.570. The molecule has 1 heterocycles. The van der Waals surface area contributed by atoms with Crippen LogP contribution in [0.5, 0.6) is 0 Å². The summed E-state index contributed by atoms with van der Waals surface area (Å²) in [5.41, 5.74) is 0. The third kappa shape index (κ3) is 2.97. The molecule has 1 aromatic rings. The molecule has 0 bridgehead atoms. The molecule has 1 saturated carbocycles. The molecule has 1 aliphatic rings. The summed E-state index contributed by atoms with van der Waals surface area (Å²) < 4.78 is 5.99. The van der Waals surface area contributed by atoms with Crippen LogP contribution < -0.4 is 0 Å². The standard InChI is InChI=1S/C13H17BrO2/c14-11-7-8-16-13(11)12(15)9-10-5-3-1-2-4-6-10/h7-8,10H,1-6,9H2. The van der Waals surface area contributed by atoms with Crippen molar-refractivity contribution < 1.29 is 9.21 Å². The van der Waals surface area contributed by atoms with Crippen molar-refractivity contribution >= 4 is 21.7 Å². The molecular formula is C13H17BrO2. The summed E-state index contributed by atoms with van der Waals surface area (Å²) in [4.78, 5) is 12.0. The van der Waals surface area contributed by atoms with Gasteiger partial charge < -0.3 is 4.42 Å². The van der Waals surface area contributed by atoms with Crippen LogP contribution >= 0.6 is 15.9 Å². The molecule has 1 aromatic heterocycles. The van der Waals surface area contributed by atoms with E-state index in [1.54, 1.807) is 12.3 Å². The highest BCUT2D eigenvalue weighted by Crippen LogP contribution is 2.28. The predicted octanol–water partition coefficient (Wildman–Crippen LogP) is 4.59. The molecule has 0 aromatic carbocycles. The second-order valence-electron chi connectivity index (χ2n) is 4.58. The van der Waals surface area contributed by atoms with Crippen LogP contribution in [0.15, 0.2) is 21.2 Å². The summed E-state index contributed by atoms with van der Waals surface area (Å²) >= 11 is 3.33. The molecule has 0 unspecified atom stereocenters. The molecule has 0 N–H and O–H groups in total. The van der Waals surface area contributed by atoms with Crippen molar-refractivity contribution in [2.24, 2.45) is 5.92 Å². The van der Waals surface area contributed by atoms with Gasteiger partial charge in [-0.25, -0.2) is 0 Å². The predicted molar refractivity (Wildman–Crippen MR) is 66.5 cm³/mol. The zero-order valence-corrected chi connectivity index (χ0v) is 11.0. The van der Waals surface area contributed by atoms with E-state index in [1.165, 1.54) is 38.5 Å². The van der Waals surface area contributed by atoms with Gasteiger partial charge in [-0.3, -0.25) is 4.79 Å². The van der Waals surface area contributed by atoms with Crippen molar-refractivity contribution in [3.63, 3.8) is 0 Å². The minimum absolute atomic E-state index is 0.142. The van der Waals surface area contributed by atoms with E-state index in [9.17, 15) is 4.79 Å². The molecule has 16 heavy (non-hydrogen) atoms. The van der Waals surface area contributed by atoms with E-state index in [4.69, 9.17) is 4.42 Å². The molecule has 3 heteroatoms. The lowest BCUT2D eigenvalue weighted by molar-refractivity contribution is 0.0928. The highest BCUT2D eigenvalue weighted by atomic mass is 79.9. The lowest BCUT2D eigenvalue weighted by atomic mass is 9.94. The van der Waals surface area contributed by atoms with Crippen molar-refractivity contribution in [2.45, 2.75) is 44.9 Å². The summed E-state index contributed by atoms with van der Waals surface area (Å²) in [5, 5.41) is 0. The summed E-state index contributed by atoms with van der Waals surface area (Å²) in [5.74, 6) is 1.19. The van der Waals surface area contributed by atoms with Crippen LogP contribution in [0, 0.1) is 5.92 Å². The lowest BCUT2D eigenvalue weighted by Crippen LogP contribution is -2.08. The first-order valence-corrected chi connectivity index (χ1v) is 6.83. The normalized spacial score (nSPS) is 18.3. The second-order valence-corrected chi connectivity index (χ2v) is 5.44. The summed E-state index contributed by atoms with van der Waals surface area (Å²) in [6.45, 7) is 0. The van der Waals surface area contributed by atoms with E-state index in [0.717, 1.165) is 4.47 Å². The van der Waals surface area contributed by atoms with Crippen molar-refractivity contribution in [2.75, 3.05) is 0 Å². The van der Waals surface area contributed by atoms with Gasteiger partial charge in [0.15, 0.2) is 11.5 Å². The Morgan fingerprint density at radius 2 is 2.00 bits per heavy atom. The first-order chi connectivity index (χ1) is 7.77. The maximum atomic E-state index is 12.0.